The molecular formula is C48H59N3O5. The lowest BCUT2D eigenvalue weighted by Crippen LogP contribution is -2.21. The summed E-state index contributed by atoms with van der Waals surface area (Å²) in [6.07, 6.45) is 27.5. The third-order valence-electron chi connectivity index (χ3n) is 9.64. The molecule has 4 rings (SSSR count). The van der Waals surface area contributed by atoms with E-state index in [4.69, 9.17) is 14.8 Å². The Morgan fingerprint density at radius 2 is 1.07 bits per heavy atom. The largest absolute Gasteiger partial charge is 0.478 e. The molecule has 3 N–H and O–H groups in total. The number of unbranched alkanes of at least 4 members (excludes halogenated alkanes) is 13. The zero-order chi connectivity index (χ0) is 39.8. The summed E-state index contributed by atoms with van der Waals surface area (Å²) >= 11 is 0. The van der Waals surface area contributed by atoms with Crippen molar-refractivity contribution in [3.8, 4) is 33.9 Å². The van der Waals surface area contributed by atoms with Crippen LogP contribution in [0.15, 0.2) is 91.0 Å². The number of nitrogens with one attached hydrogen (secondary N) is 2. The van der Waals surface area contributed by atoms with Gasteiger partial charge >= 0.3 is 11.9 Å². The Labute approximate surface area is 333 Å². The van der Waals surface area contributed by atoms with Gasteiger partial charge in [-0.25, -0.2) is 14.6 Å². The van der Waals surface area contributed by atoms with Crippen molar-refractivity contribution in [2.24, 2.45) is 0 Å². The third-order valence-corrected chi connectivity index (χ3v) is 9.64. The second-order valence-electron chi connectivity index (χ2n) is 14.2. The topological polar surface area (TPSA) is 121 Å². The molecule has 1 amide bonds. The number of aromatic amines is 1. The number of ether oxygens (including phenoxy) is 1. The molecule has 8 heteroatoms. The average Bonchev–Trinajstić information content (AvgIpc) is 3.66. The number of amides is 1. The summed E-state index contributed by atoms with van der Waals surface area (Å²) in [5, 5.41) is 12.0. The number of nitrogens with zero attached hydrogens (tertiary/aromatic N) is 1. The third kappa shape index (κ3) is 15.7. The Morgan fingerprint density at radius 3 is 1.59 bits per heavy atom. The molecule has 1 heterocycles. The lowest BCUT2D eigenvalue weighted by Gasteiger charge is -2.05. The van der Waals surface area contributed by atoms with E-state index in [1.165, 1.54) is 83.1 Å². The summed E-state index contributed by atoms with van der Waals surface area (Å²) < 4.78 is 4.97. The van der Waals surface area contributed by atoms with E-state index in [0.29, 0.717) is 19.0 Å². The summed E-state index contributed by atoms with van der Waals surface area (Å²) in [7, 11) is 0. The molecule has 0 radical (unpaired) electrons. The number of carbonyl (C=O) groups excluding carboxylic acids is 2. The van der Waals surface area contributed by atoms with E-state index in [1.807, 2.05) is 78.9 Å². The lowest BCUT2D eigenvalue weighted by atomic mass is 10.0. The van der Waals surface area contributed by atoms with Crippen LogP contribution in [0.25, 0.3) is 52.1 Å². The van der Waals surface area contributed by atoms with Crippen molar-refractivity contribution in [2.45, 2.75) is 104 Å². The Morgan fingerprint density at radius 1 is 0.607 bits per heavy atom. The van der Waals surface area contributed by atoms with E-state index in [9.17, 15) is 14.4 Å². The van der Waals surface area contributed by atoms with Gasteiger partial charge in [-0.1, -0.05) is 163 Å². The predicted molar refractivity (Wildman–Crippen MR) is 230 cm³/mol. The highest BCUT2D eigenvalue weighted by molar-refractivity contribution is 5.92. The van der Waals surface area contributed by atoms with Crippen molar-refractivity contribution >= 4 is 36.1 Å². The smallest absolute Gasteiger partial charge is 0.330 e. The van der Waals surface area contributed by atoms with E-state index in [0.717, 1.165) is 63.7 Å². The van der Waals surface area contributed by atoms with Crippen LogP contribution in [-0.4, -0.2) is 46.1 Å². The van der Waals surface area contributed by atoms with E-state index < -0.39 is 5.97 Å². The molecule has 0 aliphatic carbocycles. The fraction of sp³-hybridized carbons (Fsp3) is 0.375. The molecule has 56 heavy (non-hydrogen) atoms. The molecule has 0 bridgehead atoms. The number of rotatable bonds is 25. The second kappa shape index (κ2) is 24.8. The number of carboxylic acids is 1. The van der Waals surface area contributed by atoms with Crippen LogP contribution in [0.3, 0.4) is 0 Å². The maximum Gasteiger partial charge on any atom is 0.330 e. The van der Waals surface area contributed by atoms with Gasteiger partial charge < -0.3 is 20.1 Å². The first-order chi connectivity index (χ1) is 27.4. The van der Waals surface area contributed by atoms with Crippen LogP contribution in [0.1, 0.15) is 120 Å². The number of carbonyl (C=O) groups is 3. The van der Waals surface area contributed by atoms with Gasteiger partial charge in [-0.15, -0.1) is 0 Å². The molecule has 0 saturated heterocycles. The normalized spacial score (nSPS) is 11.5. The molecule has 0 saturated carbocycles. The molecule has 0 atom stereocenters. The van der Waals surface area contributed by atoms with Crippen LogP contribution in [0.5, 0.6) is 0 Å². The van der Waals surface area contributed by atoms with Gasteiger partial charge in [0.25, 0.3) is 0 Å². The first-order valence-electron chi connectivity index (χ1n) is 20.5. The van der Waals surface area contributed by atoms with Crippen molar-refractivity contribution in [1.29, 1.82) is 0 Å². The Hall–Kier alpha value is -5.50. The fourth-order valence-corrected chi connectivity index (χ4v) is 6.48. The number of hydrogen-bond donors (Lipinski definition) is 3. The van der Waals surface area contributed by atoms with Crippen molar-refractivity contribution < 1.29 is 24.2 Å². The quantitative estimate of drug-likeness (QED) is 0.0351. The average molecular weight is 758 g/mol. The van der Waals surface area contributed by atoms with Gasteiger partial charge in [-0.05, 0) is 48.3 Å². The molecule has 0 aliphatic rings. The molecule has 8 nitrogen and oxygen atoms in total. The number of benzene rings is 3. The first kappa shape index (κ1) is 43.2. The van der Waals surface area contributed by atoms with Crippen LogP contribution in [-0.2, 0) is 19.1 Å². The molecule has 296 valence electrons. The van der Waals surface area contributed by atoms with Crippen LogP contribution in [0.2, 0.25) is 0 Å². The zero-order valence-corrected chi connectivity index (χ0v) is 33.2. The number of esters is 1. The monoisotopic (exact) mass is 757 g/mol. The van der Waals surface area contributed by atoms with Crippen molar-refractivity contribution in [3.05, 3.63) is 108 Å². The number of hydrogen-bond acceptors (Lipinski definition) is 5. The molecular weight excluding hydrogens is 699 g/mol. The summed E-state index contributed by atoms with van der Waals surface area (Å²) in [6.45, 7) is 5.05. The summed E-state index contributed by atoms with van der Waals surface area (Å²) in [4.78, 5) is 43.8. The van der Waals surface area contributed by atoms with Gasteiger partial charge in [0.1, 0.15) is 5.82 Å². The van der Waals surface area contributed by atoms with Crippen molar-refractivity contribution in [3.63, 3.8) is 0 Å². The summed E-state index contributed by atoms with van der Waals surface area (Å²) in [5.41, 5.74) is 6.73. The highest BCUT2D eigenvalue weighted by atomic mass is 16.5. The number of aromatic nitrogens is 2. The molecule has 0 aliphatic heterocycles. The maximum atomic E-state index is 12.5. The fourth-order valence-electron chi connectivity index (χ4n) is 6.48. The number of aliphatic carboxylic acids is 1. The van der Waals surface area contributed by atoms with Gasteiger partial charge in [-0.3, -0.25) is 4.79 Å². The minimum absolute atomic E-state index is 0.0895. The number of carboxylic acid groups (broad SMARTS) is 1. The first-order valence-corrected chi connectivity index (χ1v) is 20.5. The van der Waals surface area contributed by atoms with Gasteiger partial charge in [0, 0.05) is 41.5 Å². The van der Waals surface area contributed by atoms with Gasteiger partial charge in [0.05, 0.1) is 18.0 Å². The zero-order valence-electron chi connectivity index (χ0n) is 33.2. The Bertz CT molecular complexity index is 1870. The Balaban J connectivity index is 1.31. The van der Waals surface area contributed by atoms with E-state index in [1.54, 1.807) is 25.2 Å². The molecule has 0 spiro atoms. The summed E-state index contributed by atoms with van der Waals surface area (Å²) in [6, 6.07) is 23.2. The second-order valence-corrected chi connectivity index (χ2v) is 14.2. The van der Waals surface area contributed by atoms with Crippen LogP contribution in [0, 0.1) is 0 Å². The van der Waals surface area contributed by atoms with Gasteiger partial charge in [0.2, 0.25) is 5.91 Å². The highest BCUT2D eigenvalue weighted by Gasteiger charge is 2.16. The summed E-state index contributed by atoms with van der Waals surface area (Å²) in [5.74, 6) is -0.810. The van der Waals surface area contributed by atoms with E-state index in [-0.39, 0.29) is 11.9 Å². The lowest BCUT2D eigenvalue weighted by molar-refractivity contribution is -0.137. The number of imidazole rings is 1. The van der Waals surface area contributed by atoms with Crippen molar-refractivity contribution in [1.82, 2.24) is 15.3 Å². The van der Waals surface area contributed by atoms with Gasteiger partial charge in [0.15, 0.2) is 0 Å². The number of H-pyrrole nitrogens is 1. The van der Waals surface area contributed by atoms with Crippen LogP contribution >= 0.6 is 0 Å². The van der Waals surface area contributed by atoms with Crippen LogP contribution < -0.4 is 5.32 Å². The molecule has 3 aromatic carbocycles. The Kier molecular flexibility index (Phi) is 19.2. The minimum atomic E-state index is -1.00. The molecule has 4 aromatic rings. The molecule has 0 fully saturated rings. The van der Waals surface area contributed by atoms with Crippen molar-refractivity contribution in [2.75, 3.05) is 13.2 Å². The maximum absolute atomic E-state index is 12.5. The van der Waals surface area contributed by atoms with Crippen LogP contribution in [0.4, 0.5) is 0 Å². The molecule has 0 unspecified atom stereocenters. The predicted octanol–water partition coefficient (Wildman–Crippen LogP) is 11.7. The minimum Gasteiger partial charge on any atom is -0.478 e. The highest BCUT2D eigenvalue weighted by Crippen LogP contribution is 2.34. The standard InChI is InChI=1S/C48H59N3O5/c1-3-5-6-7-8-9-10-11-12-13-14-15-16-17-36-49-43(52)33-24-37-18-27-40(28-19-37)46-47(41-29-20-38(21-30-41)25-34-44(53)54)51-48(50-46)42-31-22-39(23-32-42)26-35-45(55)56-4-2/h18-35H,3-17,36H2,1-2H3,(H,49,52)(H,50,51)(H,53,54)/b33-24?,34-25+,35-26+. The van der Waals surface area contributed by atoms with Gasteiger partial charge in [-0.2, -0.15) is 0 Å². The SMILES string of the molecule is CCCCCCCCCCCCCCCCNC(=O)C=Cc1ccc(-c2[nH]c(-c3ccc(/C=C/C(=O)OCC)cc3)nc2-c2ccc(/C=C/C(=O)O)cc2)cc1. The van der Waals surface area contributed by atoms with E-state index >= 15 is 0 Å². The molecule has 1 aromatic heterocycles. The van der Waals surface area contributed by atoms with E-state index in [2.05, 4.69) is 17.2 Å².